The molecule has 0 aliphatic heterocycles. The Bertz CT molecular complexity index is 1040. The minimum Gasteiger partial charge on any atom is -0.451 e. The van der Waals surface area contributed by atoms with Gasteiger partial charge in [0.2, 0.25) is 6.10 Å². The van der Waals surface area contributed by atoms with Crippen LogP contribution >= 0.6 is 67.8 Å². The summed E-state index contributed by atoms with van der Waals surface area (Å²) >= 11 is 6.30. The summed E-state index contributed by atoms with van der Waals surface area (Å²) in [6.07, 6.45) is -6.63. The highest BCUT2D eigenvalue weighted by atomic mass is 127. The molecule has 0 aromatic heterocycles. The standard InChI is InChI=1S/C18H17F3I3NO6S/c19-18(20,21)14(6-32(28,29)30)31-17(27)10-2-7-1-9(10)13(3-7)25-16(26)11-4-8(22)5-12(23)15(11)24/h4-5,7,9-10,13-14H,1-3,6H2,(H,25,26)(H,28,29,30). The summed E-state index contributed by atoms with van der Waals surface area (Å²) in [4.78, 5) is 25.4. The Morgan fingerprint density at radius 3 is 2.41 bits per heavy atom. The second-order valence-electron chi connectivity index (χ2n) is 7.89. The Balaban J connectivity index is 1.71. The summed E-state index contributed by atoms with van der Waals surface area (Å²) < 4.78 is 77.0. The van der Waals surface area contributed by atoms with Gasteiger partial charge in [0.1, 0.15) is 5.75 Å². The molecule has 178 valence electrons. The van der Waals surface area contributed by atoms with E-state index in [0.29, 0.717) is 24.8 Å². The minimum atomic E-state index is -5.14. The van der Waals surface area contributed by atoms with Gasteiger partial charge in [-0.3, -0.25) is 14.1 Å². The predicted octanol–water partition coefficient (Wildman–Crippen LogP) is 4.01. The molecule has 0 spiro atoms. The number of amides is 1. The van der Waals surface area contributed by atoms with Crippen molar-refractivity contribution in [3.05, 3.63) is 28.4 Å². The molecule has 0 saturated heterocycles. The van der Waals surface area contributed by atoms with Crippen LogP contribution in [0.5, 0.6) is 0 Å². The number of hydrogen-bond donors (Lipinski definition) is 2. The topological polar surface area (TPSA) is 110 Å². The molecule has 0 radical (unpaired) electrons. The van der Waals surface area contributed by atoms with Crippen molar-refractivity contribution in [2.45, 2.75) is 37.6 Å². The van der Waals surface area contributed by atoms with Crippen molar-refractivity contribution in [1.29, 1.82) is 0 Å². The third-order valence-electron chi connectivity index (χ3n) is 5.66. The molecule has 1 aromatic carbocycles. The Kier molecular flexibility index (Phi) is 8.30. The van der Waals surface area contributed by atoms with Gasteiger partial charge in [-0.1, -0.05) is 0 Å². The van der Waals surface area contributed by atoms with Gasteiger partial charge in [-0.15, -0.1) is 0 Å². The summed E-state index contributed by atoms with van der Waals surface area (Å²) in [5.41, 5.74) is 0.481. The van der Waals surface area contributed by atoms with Gasteiger partial charge in [0.15, 0.2) is 0 Å². The first-order valence-corrected chi connectivity index (χ1v) is 14.2. The molecule has 2 aliphatic carbocycles. The van der Waals surface area contributed by atoms with Crippen molar-refractivity contribution in [3.63, 3.8) is 0 Å². The van der Waals surface area contributed by atoms with Gasteiger partial charge in [-0.05, 0) is 111 Å². The molecule has 2 N–H and O–H groups in total. The van der Waals surface area contributed by atoms with E-state index < -0.39 is 52.0 Å². The van der Waals surface area contributed by atoms with Crippen molar-refractivity contribution in [3.8, 4) is 0 Å². The Labute approximate surface area is 223 Å². The van der Waals surface area contributed by atoms with Crippen LogP contribution in [0.4, 0.5) is 13.2 Å². The summed E-state index contributed by atoms with van der Waals surface area (Å²) in [6, 6.07) is 3.26. The maximum absolute atomic E-state index is 13.1. The van der Waals surface area contributed by atoms with Crippen molar-refractivity contribution in [2.75, 3.05) is 5.75 Å². The minimum absolute atomic E-state index is 0.0453. The average Bonchev–Trinajstić information content (AvgIpc) is 3.22. The number of benzene rings is 1. The third kappa shape index (κ3) is 6.38. The zero-order chi connectivity index (χ0) is 24.0. The van der Waals surface area contributed by atoms with E-state index in [9.17, 15) is 31.2 Å². The SMILES string of the molecule is O=C(NC1CC2CC(C(=O)OC(CS(=O)(=O)O)C(F)(F)F)C1C2)c1cc(I)cc(I)c1I. The Hall–Kier alpha value is 0.0500. The summed E-state index contributed by atoms with van der Waals surface area (Å²) in [7, 11) is -5.01. The molecule has 2 fully saturated rings. The van der Waals surface area contributed by atoms with Gasteiger partial charge < -0.3 is 10.1 Å². The second-order valence-corrected chi connectivity index (χ2v) is 12.9. The number of carbonyl (C=O) groups excluding carboxylic acids is 2. The zero-order valence-electron chi connectivity index (χ0n) is 16.0. The van der Waals surface area contributed by atoms with Gasteiger partial charge >= 0.3 is 12.1 Å². The summed E-state index contributed by atoms with van der Waals surface area (Å²) in [6.45, 7) is 0. The summed E-state index contributed by atoms with van der Waals surface area (Å²) in [5.74, 6) is -4.50. The van der Waals surface area contributed by atoms with E-state index in [1.54, 1.807) is 6.07 Å². The lowest BCUT2D eigenvalue weighted by Crippen LogP contribution is -2.46. The third-order valence-corrected chi connectivity index (χ3v) is 10.0. The maximum atomic E-state index is 13.1. The van der Waals surface area contributed by atoms with E-state index in [1.165, 1.54) is 0 Å². The van der Waals surface area contributed by atoms with Crippen LogP contribution in [-0.2, 0) is 19.6 Å². The molecule has 1 amide bonds. The highest BCUT2D eigenvalue weighted by molar-refractivity contribution is 14.1. The van der Waals surface area contributed by atoms with Crippen molar-refractivity contribution >= 4 is 89.8 Å². The summed E-state index contributed by atoms with van der Waals surface area (Å²) in [5, 5.41) is 2.91. The van der Waals surface area contributed by atoms with Crippen molar-refractivity contribution in [2.24, 2.45) is 17.8 Å². The number of alkyl halides is 3. The van der Waals surface area contributed by atoms with Crippen LogP contribution in [0.1, 0.15) is 29.6 Å². The molecule has 2 aliphatic rings. The van der Waals surface area contributed by atoms with E-state index in [-0.39, 0.29) is 11.8 Å². The zero-order valence-corrected chi connectivity index (χ0v) is 23.3. The highest BCUT2D eigenvalue weighted by Crippen LogP contribution is 2.49. The van der Waals surface area contributed by atoms with Crippen LogP contribution in [0.25, 0.3) is 0 Å². The second kappa shape index (κ2) is 9.96. The Morgan fingerprint density at radius 1 is 1.19 bits per heavy atom. The van der Waals surface area contributed by atoms with Crippen LogP contribution in [0.3, 0.4) is 0 Å². The van der Waals surface area contributed by atoms with Gasteiger partial charge in [-0.25, -0.2) is 0 Å². The van der Waals surface area contributed by atoms with E-state index in [0.717, 1.165) is 10.7 Å². The predicted molar refractivity (Wildman–Crippen MR) is 133 cm³/mol. The fraction of sp³-hybridized carbons (Fsp3) is 0.556. The van der Waals surface area contributed by atoms with Crippen molar-refractivity contribution < 1.29 is 40.5 Å². The lowest BCUT2D eigenvalue weighted by atomic mass is 9.85. The molecule has 5 atom stereocenters. The molecule has 32 heavy (non-hydrogen) atoms. The number of ether oxygens (including phenoxy) is 1. The van der Waals surface area contributed by atoms with Crippen LogP contribution < -0.4 is 5.32 Å². The van der Waals surface area contributed by atoms with Gasteiger partial charge in [0.05, 0.1) is 11.5 Å². The van der Waals surface area contributed by atoms with Gasteiger partial charge in [0, 0.05) is 16.8 Å². The first kappa shape index (κ1) is 26.7. The molecule has 3 rings (SSSR count). The molecule has 0 heterocycles. The Morgan fingerprint density at radius 2 is 1.84 bits per heavy atom. The number of carbonyl (C=O) groups is 2. The van der Waals surface area contributed by atoms with E-state index in [4.69, 9.17) is 4.55 Å². The molecular weight excluding hydrogens is 796 g/mol. The number of halogens is 6. The molecule has 2 bridgehead atoms. The van der Waals surface area contributed by atoms with Gasteiger partial charge in [0.25, 0.3) is 16.0 Å². The number of fused-ring (bicyclic) bond motifs is 2. The molecule has 14 heteroatoms. The lowest BCUT2D eigenvalue weighted by Gasteiger charge is -2.30. The smallest absolute Gasteiger partial charge is 0.426 e. The van der Waals surface area contributed by atoms with E-state index in [2.05, 4.69) is 77.8 Å². The fourth-order valence-corrected chi connectivity index (χ4v) is 7.41. The number of rotatable bonds is 6. The normalized spacial score (nSPS) is 26.1. The molecule has 2 saturated carbocycles. The van der Waals surface area contributed by atoms with Crippen molar-refractivity contribution in [1.82, 2.24) is 5.32 Å². The largest absolute Gasteiger partial charge is 0.451 e. The molecular formula is C18H17F3I3NO6S. The quantitative estimate of drug-likeness (QED) is 0.195. The lowest BCUT2D eigenvalue weighted by molar-refractivity contribution is -0.218. The van der Waals surface area contributed by atoms with Crippen LogP contribution in [0, 0.1) is 28.5 Å². The molecule has 7 nitrogen and oxygen atoms in total. The number of nitrogens with one attached hydrogen (secondary N) is 1. The monoisotopic (exact) mass is 813 g/mol. The average molecular weight is 813 g/mol. The van der Waals surface area contributed by atoms with Crippen LogP contribution in [0.2, 0.25) is 0 Å². The molecule has 5 unspecified atom stereocenters. The first-order chi connectivity index (χ1) is 14.7. The number of hydrogen-bond acceptors (Lipinski definition) is 5. The van der Waals surface area contributed by atoms with Crippen LogP contribution in [-0.4, -0.2) is 48.9 Å². The fourth-order valence-electron chi connectivity index (χ4n) is 4.37. The van der Waals surface area contributed by atoms with E-state index in [1.807, 2.05) is 6.07 Å². The van der Waals surface area contributed by atoms with E-state index >= 15 is 0 Å². The van der Waals surface area contributed by atoms with Gasteiger partial charge in [-0.2, -0.15) is 21.6 Å². The van der Waals surface area contributed by atoms with Crippen LogP contribution in [0.15, 0.2) is 12.1 Å². The maximum Gasteiger partial charge on any atom is 0.426 e. The number of esters is 1. The first-order valence-electron chi connectivity index (χ1n) is 9.33. The molecule has 1 aromatic rings. The highest BCUT2D eigenvalue weighted by Gasteiger charge is 2.52.